The molecule has 12 aromatic rings. The van der Waals surface area contributed by atoms with E-state index in [0.717, 1.165) is 66.6 Å². The van der Waals surface area contributed by atoms with Crippen molar-refractivity contribution in [3.63, 3.8) is 0 Å². The Morgan fingerprint density at radius 3 is 1.07 bits per heavy atom. The molecule has 378 valence electrons. The quantitative estimate of drug-likeness (QED) is 0.142. The molecule has 0 N–H and O–H groups in total. The second-order valence-corrected chi connectivity index (χ2v) is 24.4. The van der Waals surface area contributed by atoms with Gasteiger partial charge in [0.05, 0.1) is 22.7 Å². The molecule has 0 aliphatic heterocycles. The first kappa shape index (κ1) is 46.9. The molecular weight excluding hydrogens is 925 g/mol. The number of furan rings is 2. The Morgan fingerprint density at radius 2 is 0.684 bits per heavy atom. The van der Waals surface area contributed by atoms with Crippen LogP contribution in [-0.2, 0) is 10.8 Å². The van der Waals surface area contributed by atoms with Crippen LogP contribution >= 0.6 is 0 Å². The lowest BCUT2D eigenvalue weighted by Crippen LogP contribution is -2.14. The fourth-order valence-corrected chi connectivity index (χ4v) is 14.0. The van der Waals surface area contributed by atoms with Gasteiger partial charge < -0.3 is 18.6 Å². The van der Waals surface area contributed by atoms with Crippen molar-refractivity contribution in [2.75, 3.05) is 9.80 Å². The third-order valence-corrected chi connectivity index (χ3v) is 17.6. The highest BCUT2D eigenvalue weighted by molar-refractivity contribution is 6.30. The van der Waals surface area contributed by atoms with Gasteiger partial charge in [0.1, 0.15) is 11.2 Å². The molecule has 0 bridgehead atoms. The van der Waals surface area contributed by atoms with Crippen LogP contribution in [0.15, 0.2) is 179 Å². The second-order valence-electron chi connectivity index (χ2n) is 24.4. The SMILES string of the molecule is CC(C)(C)c1cccc2c1oc1c(N(c3ccccc3)c3cc(C4CCCCC4)c4ccc5c(N(c6ccccc6)c6cccc7c6oc6c(C(C)(C)C)cccc67)cc(C6CCCCC6)c6ccc3c4c65)cccc12. The van der Waals surface area contributed by atoms with E-state index in [9.17, 15) is 0 Å². The normalized spacial score (nSPS) is 15.4. The van der Waals surface area contributed by atoms with Gasteiger partial charge in [0.2, 0.25) is 0 Å². The summed E-state index contributed by atoms with van der Waals surface area (Å²) in [6.45, 7) is 13.7. The summed E-state index contributed by atoms with van der Waals surface area (Å²) < 4.78 is 14.5. The standard InChI is InChI=1S/C72H68N2O2/c1-71(2,3)59-35-19-31-51-53-33-21-37-61(69(53)75-67(51)59)73(47-27-15-9-16-28-47)63-43-57(45-23-11-7-12-24-45)49-40-42-56-64(44-58(46-25-13-8-14-26-46)50-39-41-55(63)65(49)66(50)56)74(48-29-17-10-18-30-48)62-38-22-34-54-52-32-20-36-60(72(4,5)6)68(52)76-70(54)62/h9-10,15-22,27-46H,7-8,11-14,23-26H2,1-6H3. The van der Waals surface area contributed by atoms with Gasteiger partial charge in [-0.2, -0.15) is 0 Å². The molecule has 4 nitrogen and oxygen atoms in total. The van der Waals surface area contributed by atoms with Gasteiger partial charge in [-0.05, 0) is 130 Å². The lowest BCUT2D eigenvalue weighted by atomic mass is 9.77. The minimum atomic E-state index is -0.0899. The highest BCUT2D eigenvalue weighted by Crippen LogP contribution is 2.55. The smallest absolute Gasteiger partial charge is 0.159 e. The lowest BCUT2D eigenvalue weighted by molar-refractivity contribution is 0.445. The fourth-order valence-electron chi connectivity index (χ4n) is 14.0. The molecule has 0 atom stereocenters. The Labute approximate surface area is 447 Å². The molecule has 2 aliphatic rings. The first-order valence-corrected chi connectivity index (χ1v) is 28.4. The van der Waals surface area contributed by atoms with Crippen LogP contribution in [0.4, 0.5) is 34.1 Å². The summed E-state index contributed by atoms with van der Waals surface area (Å²) in [5.74, 6) is 0.903. The van der Waals surface area contributed by atoms with Crippen LogP contribution in [0.1, 0.15) is 140 Å². The average Bonchev–Trinajstić information content (AvgIpc) is 4.17. The fraction of sp³-hybridized carbons (Fsp3) is 0.278. The largest absolute Gasteiger partial charge is 0.454 e. The molecule has 76 heavy (non-hydrogen) atoms. The molecule has 0 amide bonds. The molecule has 0 unspecified atom stereocenters. The van der Waals surface area contributed by atoms with E-state index in [1.54, 1.807) is 0 Å². The van der Waals surface area contributed by atoms with E-state index in [-0.39, 0.29) is 10.8 Å². The van der Waals surface area contributed by atoms with E-state index in [1.807, 2.05) is 0 Å². The summed E-state index contributed by atoms with van der Waals surface area (Å²) >= 11 is 0. The Hall–Kier alpha value is -7.56. The molecule has 0 saturated heterocycles. The number of hydrogen-bond acceptors (Lipinski definition) is 4. The number of fused-ring (bicyclic) bond motifs is 6. The minimum absolute atomic E-state index is 0.0899. The predicted molar refractivity (Wildman–Crippen MR) is 323 cm³/mol. The van der Waals surface area contributed by atoms with Crippen LogP contribution < -0.4 is 9.80 Å². The van der Waals surface area contributed by atoms with E-state index in [1.165, 1.54) is 130 Å². The van der Waals surface area contributed by atoms with Crippen LogP contribution in [0.25, 0.3) is 76.2 Å². The maximum absolute atomic E-state index is 7.26. The first-order valence-electron chi connectivity index (χ1n) is 28.4. The highest BCUT2D eigenvalue weighted by atomic mass is 16.3. The Balaban J connectivity index is 1.10. The van der Waals surface area contributed by atoms with Gasteiger partial charge in [0, 0.05) is 54.8 Å². The molecule has 4 heteroatoms. The number of benzene rings is 10. The van der Waals surface area contributed by atoms with Gasteiger partial charge in [-0.1, -0.05) is 201 Å². The number of hydrogen-bond donors (Lipinski definition) is 0. The maximum atomic E-state index is 7.26. The number of nitrogens with zero attached hydrogens (tertiary/aromatic N) is 2. The monoisotopic (exact) mass is 993 g/mol. The maximum Gasteiger partial charge on any atom is 0.159 e. The molecule has 0 spiro atoms. The Morgan fingerprint density at radius 1 is 0.329 bits per heavy atom. The predicted octanol–water partition coefficient (Wildman–Crippen LogP) is 22.0. The van der Waals surface area contributed by atoms with Crippen molar-refractivity contribution in [1.82, 2.24) is 0 Å². The van der Waals surface area contributed by atoms with Gasteiger partial charge in [-0.25, -0.2) is 0 Å². The zero-order valence-electron chi connectivity index (χ0n) is 45.1. The van der Waals surface area contributed by atoms with Crippen LogP contribution in [0.3, 0.4) is 0 Å². The van der Waals surface area contributed by atoms with Crippen molar-refractivity contribution in [2.24, 2.45) is 0 Å². The molecule has 10 aromatic carbocycles. The van der Waals surface area contributed by atoms with Crippen LogP contribution in [0.5, 0.6) is 0 Å². The van der Waals surface area contributed by atoms with Crippen LogP contribution in [-0.4, -0.2) is 0 Å². The molecule has 2 aliphatic carbocycles. The van der Waals surface area contributed by atoms with Gasteiger partial charge in [0.25, 0.3) is 0 Å². The summed E-state index contributed by atoms with van der Waals surface area (Å²) in [5.41, 5.74) is 15.7. The van der Waals surface area contributed by atoms with Gasteiger partial charge in [0.15, 0.2) is 11.2 Å². The Bertz CT molecular complexity index is 3880. The van der Waals surface area contributed by atoms with Crippen molar-refractivity contribution in [1.29, 1.82) is 0 Å². The number of rotatable bonds is 8. The zero-order valence-corrected chi connectivity index (χ0v) is 45.1. The van der Waals surface area contributed by atoms with Gasteiger partial charge >= 0.3 is 0 Å². The van der Waals surface area contributed by atoms with Crippen molar-refractivity contribution >= 4 is 110 Å². The lowest BCUT2D eigenvalue weighted by Gasteiger charge is -2.33. The summed E-state index contributed by atoms with van der Waals surface area (Å²) in [6.07, 6.45) is 12.4. The third kappa shape index (κ3) is 7.53. The second kappa shape index (κ2) is 18.0. The molecule has 2 aromatic heterocycles. The Kier molecular flexibility index (Phi) is 11.1. The van der Waals surface area contributed by atoms with Crippen molar-refractivity contribution < 1.29 is 8.83 Å². The number of para-hydroxylation sites is 6. The molecule has 14 rings (SSSR count). The number of anilines is 6. The van der Waals surface area contributed by atoms with Gasteiger partial charge in [-0.15, -0.1) is 0 Å². The molecule has 2 fully saturated rings. The highest BCUT2D eigenvalue weighted by Gasteiger charge is 2.32. The van der Waals surface area contributed by atoms with Crippen LogP contribution in [0.2, 0.25) is 0 Å². The summed E-state index contributed by atoms with van der Waals surface area (Å²) in [4.78, 5) is 5.07. The van der Waals surface area contributed by atoms with Crippen molar-refractivity contribution in [3.05, 3.63) is 192 Å². The van der Waals surface area contributed by atoms with Crippen molar-refractivity contribution in [3.8, 4) is 0 Å². The summed E-state index contributed by atoms with van der Waals surface area (Å²) in [7, 11) is 0. The first-order chi connectivity index (χ1) is 37.0. The van der Waals surface area contributed by atoms with Gasteiger partial charge in [-0.3, -0.25) is 0 Å². The zero-order chi connectivity index (χ0) is 51.5. The topological polar surface area (TPSA) is 32.8 Å². The average molecular weight is 993 g/mol. The third-order valence-electron chi connectivity index (χ3n) is 17.6. The van der Waals surface area contributed by atoms with E-state index in [4.69, 9.17) is 8.83 Å². The minimum Gasteiger partial charge on any atom is -0.454 e. The van der Waals surface area contributed by atoms with Crippen molar-refractivity contribution in [2.45, 2.75) is 128 Å². The summed E-state index contributed by atoms with van der Waals surface area (Å²) in [5, 5.41) is 12.6. The molecule has 2 saturated carbocycles. The van der Waals surface area contributed by atoms with E-state index >= 15 is 0 Å². The molecule has 2 heterocycles. The molecular formula is C72H68N2O2. The van der Waals surface area contributed by atoms with E-state index in [0.29, 0.717) is 11.8 Å². The molecule has 0 radical (unpaired) electrons. The van der Waals surface area contributed by atoms with E-state index < -0.39 is 0 Å². The summed E-state index contributed by atoms with van der Waals surface area (Å²) in [6, 6.07) is 64.2. The van der Waals surface area contributed by atoms with Crippen LogP contribution in [0, 0.1) is 0 Å². The van der Waals surface area contributed by atoms with E-state index in [2.05, 4.69) is 221 Å².